The number of phenols is 1. The van der Waals surface area contributed by atoms with Crippen molar-refractivity contribution in [3.63, 3.8) is 0 Å². The van der Waals surface area contributed by atoms with Gasteiger partial charge in [0.05, 0.1) is 31.2 Å². The molecule has 1 amide bonds. The van der Waals surface area contributed by atoms with Gasteiger partial charge >= 0.3 is 0 Å². The molecule has 2 heterocycles. The molecule has 1 aliphatic rings. The summed E-state index contributed by atoms with van der Waals surface area (Å²) in [6, 6.07) is 16.0. The van der Waals surface area contributed by atoms with E-state index in [9.17, 15) is 15.0 Å². The molecule has 34 heavy (non-hydrogen) atoms. The topological polar surface area (TPSA) is 91.3 Å². The summed E-state index contributed by atoms with van der Waals surface area (Å²) in [7, 11) is 2.85. The fraction of sp³-hybridized carbons (Fsp3) is 0.192. The average molecular weight is 479 g/mol. The summed E-state index contributed by atoms with van der Waals surface area (Å²) in [5.41, 5.74) is 4.50. The predicted molar refractivity (Wildman–Crippen MR) is 132 cm³/mol. The van der Waals surface area contributed by atoms with Crippen molar-refractivity contribution in [2.45, 2.75) is 18.5 Å². The van der Waals surface area contributed by atoms with E-state index in [0.29, 0.717) is 22.4 Å². The van der Waals surface area contributed by atoms with Crippen molar-refractivity contribution in [3.8, 4) is 5.75 Å². The van der Waals surface area contributed by atoms with Crippen LogP contribution in [-0.4, -0.2) is 41.4 Å². The van der Waals surface area contributed by atoms with E-state index in [0.717, 1.165) is 16.3 Å². The van der Waals surface area contributed by atoms with Gasteiger partial charge in [0, 0.05) is 10.3 Å². The van der Waals surface area contributed by atoms with Crippen LogP contribution in [0.4, 0.5) is 0 Å². The maximum Gasteiger partial charge on any atom is 0.278 e. The van der Waals surface area contributed by atoms with Crippen molar-refractivity contribution < 1.29 is 24.5 Å². The highest BCUT2D eigenvalue weighted by atomic mass is 32.1. The third-order valence-corrected chi connectivity index (χ3v) is 6.78. The Bertz CT molecular complexity index is 1250. The van der Waals surface area contributed by atoms with E-state index in [2.05, 4.69) is 12.0 Å². The average Bonchev–Trinajstić information content (AvgIpc) is 3.47. The molecule has 2 aromatic carbocycles. The zero-order valence-electron chi connectivity index (χ0n) is 18.9. The molecule has 1 aliphatic heterocycles. The summed E-state index contributed by atoms with van der Waals surface area (Å²) in [5.74, 6) is -0.0903. The van der Waals surface area contributed by atoms with E-state index in [1.54, 1.807) is 23.2 Å². The molecule has 1 saturated heterocycles. The molecule has 4 rings (SSSR count). The molecule has 0 spiro atoms. The van der Waals surface area contributed by atoms with Crippen LogP contribution in [0.3, 0.4) is 0 Å². The van der Waals surface area contributed by atoms with Crippen molar-refractivity contribution in [1.82, 2.24) is 10.4 Å². The molecule has 1 fully saturated rings. The molecule has 0 saturated carbocycles. The number of phenolic OH excluding ortho intramolecular Hbond substituents is 1. The minimum Gasteiger partial charge on any atom is -0.508 e. The fourth-order valence-corrected chi connectivity index (χ4v) is 5.01. The van der Waals surface area contributed by atoms with Crippen molar-refractivity contribution in [3.05, 3.63) is 101 Å². The lowest BCUT2D eigenvalue weighted by molar-refractivity contribution is 0.0671. The number of hydrogen-bond acceptors (Lipinski definition) is 7. The Morgan fingerprint density at radius 1 is 1.21 bits per heavy atom. The van der Waals surface area contributed by atoms with Gasteiger partial charge in [-0.25, -0.2) is 5.43 Å². The number of nitrogens with zero attached hydrogens (tertiary/aromatic N) is 1. The Labute approximate surface area is 201 Å². The maximum atomic E-state index is 13.6. The molecule has 7 nitrogen and oxygen atoms in total. The van der Waals surface area contributed by atoms with E-state index in [4.69, 9.17) is 9.47 Å². The molecule has 3 N–H and O–H groups in total. The first-order chi connectivity index (χ1) is 16.4. The smallest absolute Gasteiger partial charge is 0.278 e. The largest absolute Gasteiger partial charge is 0.508 e. The molecule has 0 bridgehead atoms. The number of aliphatic hydroxyl groups excluding tert-OH is 1. The third-order valence-electron chi connectivity index (χ3n) is 5.68. The quantitative estimate of drug-likeness (QED) is 0.319. The Hall–Kier alpha value is -3.75. The molecular weight excluding hydrogens is 452 g/mol. The zero-order valence-corrected chi connectivity index (χ0v) is 19.7. The number of hydrazine groups is 1. The summed E-state index contributed by atoms with van der Waals surface area (Å²) in [5, 5.41) is 23.1. The lowest BCUT2D eigenvalue weighted by Crippen LogP contribution is -2.43. The van der Waals surface area contributed by atoms with Crippen LogP contribution in [0.5, 0.6) is 5.75 Å². The number of amides is 1. The number of para-hydroxylation sites is 1. The molecule has 176 valence electrons. The number of carbonyl (C=O) groups excluding carboxylic acids is 1. The lowest BCUT2D eigenvalue weighted by atomic mass is 9.96. The number of hydrogen-bond donors (Lipinski definition) is 3. The van der Waals surface area contributed by atoms with E-state index in [-0.39, 0.29) is 29.2 Å². The van der Waals surface area contributed by atoms with Gasteiger partial charge < -0.3 is 19.7 Å². The number of aromatic hydroxyl groups is 1. The second kappa shape index (κ2) is 10.0. The van der Waals surface area contributed by atoms with Gasteiger partial charge in [0.1, 0.15) is 12.0 Å². The third kappa shape index (κ3) is 4.64. The van der Waals surface area contributed by atoms with Gasteiger partial charge in [-0.15, -0.1) is 11.3 Å². The Morgan fingerprint density at radius 3 is 2.65 bits per heavy atom. The number of thiophene rings is 1. The second-order valence-electron chi connectivity index (χ2n) is 7.84. The van der Waals surface area contributed by atoms with Crippen LogP contribution in [0.25, 0.3) is 10.1 Å². The van der Waals surface area contributed by atoms with Gasteiger partial charge in [-0.1, -0.05) is 43.0 Å². The minimum absolute atomic E-state index is 0.148. The number of ether oxygens (including phenoxy) is 2. The van der Waals surface area contributed by atoms with Crippen LogP contribution in [0.15, 0.2) is 90.6 Å². The molecular formula is C26H26N2O5S. The van der Waals surface area contributed by atoms with E-state index in [1.165, 1.54) is 25.6 Å². The summed E-state index contributed by atoms with van der Waals surface area (Å²) in [4.78, 5) is 14.2. The lowest BCUT2D eigenvalue weighted by Gasteiger charge is -2.24. The van der Waals surface area contributed by atoms with Crippen LogP contribution in [0.1, 0.15) is 27.7 Å². The first kappa shape index (κ1) is 23.4. The summed E-state index contributed by atoms with van der Waals surface area (Å²) >= 11 is 1.42. The highest BCUT2D eigenvalue weighted by molar-refractivity contribution is 7.20. The van der Waals surface area contributed by atoms with Gasteiger partial charge in [-0.3, -0.25) is 9.80 Å². The minimum atomic E-state index is -0.456. The SMILES string of the molecule is C=C(/C=C(OC)\C(O)=C\OC)C1CC(c2ccccc2O)NN1C(=O)c1cc2ccccc2s1. The van der Waals surface area contributed by atoms with Gasteiger partial charge in [-0.05, 0) is 41.7 Å². The van der Waals surface area contributed by atoms with Crippen molar-refractivity contribution in [1.29, 1.82) is 0 Å². The molecule has 3 aromatic rings. The highest BCUT2D eigenvalue weighted by Gasteiger charge is 2.38. The number of nitrogens with one attached hydrogen (secondary N) is 1. The monoisotopic (exact) mass is 478 g/mol. The fourth-order valence-electron chi connectivity index (χ4n) is 4.01. The number of fused-ring (bicyclic) bond motifs is 1. The molecule has 8 heteroatoms. The molecule has 2 atom stereocenters. The van der Waals surface area contributed by atoms with E-state index in [1.807, 2.05) is 42.5 Å². The van der Waals surface area contributed by atoms with Gasteiger partial charge in [0.25, 0.3) is 5.91 Å². The van der Waals surface area contributed by atoms with Crippen LogP contribution < -0.4 is 5.43 Å². The molecule has 1 aromatic heterocycles. The summed E-state index contributed by atoms with van der Waals surface area (Å²) in [6.07, 6.45) is 3.20. The number of carbonyl (C=O) groups is 1. The second-order valence-corrected chi connectivity index (χ2v) is 8.93. The number of aliphatic hydroxyl groups is 1. The van der Waals surface area contributed by atoms with Crippen molar-refractivity contribution >= 4 is 27.3 Å². The summed E-state index contributed by atoms with van der Waals surface area (Å²) in [6.45, 7) is 4.16. The Balaban J connectivity index is 1.70. The normalized spacial score (nSPS) is 18.8. The number of methoxy groups -OCH3 is 2. The van der Waals surface area contributed by atoms with E-state index < -0.39 is 6.04 Å². The molecule has 0 radical (unpaired) electrons. The van der Waals surface area contributed by atoms with Crippen LogP contribution in [0.2, 0.25) is 0 Å². The highest BCUT2D eigenvalue weighted by Crippen LogP contribution is 2.37. The van der Waals surface area contributed by atoms with Gasteiger partial charge in [0.2, 0.25) is 0 Å². The van der Waals surface area contributed by atoms with Crippen LogP contribution >= 0.6 is 11.3 Å². The van der Waals surface area contributed by atoms with E-state index >= 15 is 0 Å². The Kier molecular flexibility index (Phi) is 6.90. The number of rotatable bonds is 7. The molecule has 0 aliphatic carbocycles. The summed E-state index contributed by atoms with van der Waals surface area (Å²) < 4.78 is 11.2. The first-order valence-electron chi connectivity index (χ1n) is 10.7. The molecule has 2 unspecified atom stereocenters. The van der Waals surface area contributed by atoms with Crippen molar-refractivity contribution in [2.75, 3.05) is 14.2 Å². The zero-order chi connectivity index (χ0) is 24.2. The van der Waals surface area contributed by atoms with Crippen molar-refractivity contribution in [2.24, 2.45) is 0 Å². The predicted octanol–water partition coefficient (Wildman–Crippen LogP) is 5.20. The first-order valence-corrected chi connectivity index (χ1v) is 11.5. The van der Waals surface area contributed by atoms with Crippen LogP contribution in [0, 0.1) is 0 Å². The Morgan fingerprint density at radius 2 is 1.94 bits per heavy atom. The van der Waals surface area contributed by atoms with Gasteiger partial charge in [0.15, 0.2) is 11.5 Å². The van der Waals surface area contributed by atoms with Crippen LogP contribution in [-0.2, 0) is 9.47 Å². The van der Waals surface area contributed by atoms with Gasteiger partial charge in [-0.2, -0.15) is 0 Å². The standard InChI is InChI=1S/C26H26N2O5S/c1-16(12-23(33-3)22(30)15-32-2)20-14-19(18-9-5-6-10-21(18)29)27-28(20)26(31)25-13-17-8-4-7-11-24(17)34-25/h4-13,15,19-20,27,29-30H,1,14H2,2-3H3/b22-15-,23-12+. The number of benzene rings is 2. The maximum absolute atomic E-state index is 13.6.